The second kappa shape index (κ2) is 7.09. The lowest BCUT2D eigenvalue weighted by molar-refractivity contribution is 0.103. The van der Waals surface area contributed by atoms with E-state index in [1.807, 2.05) is 6.07 Å². The van der Waals surface area contributed by atoms with Gasteiger partial charge in [-0.25, -0.2) is 4.39 Å². The second-order valence-corrected chi connectivity index (χ2v) is 8.12. The molecule has 0 spiro atoms. The van der Waals surface area contributed by atoms with E-state index >= 15 is 0 Å². The Labute approximate surface area is 152 Å². The lowest BCUT2D eigenvalue weighted by atomic mass is 9.98. The maximum atomic E-state index is 12.9. The summed E-state index contributed by atoms with van der Waals surface area (Å²) in [7, 11) is 0. The molecule has 1 aliphatic carbocycles. The molecule has 0 unspecified atom stereocenters. The number of hydrogen-bond acceptors (Lipinski definition) is 5. The summed E-state index contributed by atoms with van der Waals surface area (Å²) >= 11 is 2.83. The second-order valence-electron chi connectivity index (χ2n) is 6.10. The molecule has 25 heavy (non-hydrogen) atoms. The zero-order valence-corrected chi connectivity index (χ0v) is 15.1. The van der Waals surface area contributed by atoms with Crippen LogP contribution < -0.4 is 10.1 Å². The van der Waals surface area contributed by atoms with Crippen molar-refractivity contribution in [1.82, 2.24) is 4.98 Å². The highest BCUT2D eigenvalue weighted by Crippen LogP contribution is 2.36. The van der Waals surface area contributed by atoms with Crippen LogP contribution in [0.25, 0.3) is 9.53 Å². The first kappa shape index (κ1) is 16.5. The van der Waals surface area contributed by atoms with Gasteiger partial charge in [-0.3, -0.25) is 4.79 Å². The molecule has 7 heteroatoms. The predicted octanol–water partition coefficient (Wildman–Crippen LogP) is 5.46. The number of carbonyl (C=O) groups is 1. The number of rotatable bonds is 4. The Morgan fingerprint density at radius 2 is 1.92 bits per heavy atom. The number of thiazole rings is 1. The number of halogens is 1. The summed E-state index contributed by atoms with van der Waals surface area (Å²) in [5.74, 6) is -0.541. The van der Waals surface area contributed by atoms with Crippen molar-refractivity contribution in [2.75, 3.05) is 5.32 Å². The Hall–Kier alpha value is -1.99. The monoisotopic (exact) mass is 376 g/mol. The molecule has 0 saturated heterocycles. The topological polar surface area (TPSA) is 51.2 Å². The Bertz CT molecular complexity index is 851. The van der Waals surface area contributed by atoms with Crippen molar-refractivity contribution in [2.45, 2.75) is 38.2 Å². The molecule has 1 N–H and O–H groups in total. The summed E-state index contributed by atoms with van der Waals surface area (Å²) in [5, 5.41) is 3.46. The molecule has 0 radical (unpaired) electrons. The average molecular weight is 376 g/mol. The van der Waals surface area contributed by atoms with E-state index in [-0.39, 0.29) is 17.8 Å². The molecule has 2 heterocycles. The van der Waals surface area contributed by atoms with Crippen molar-refractivity contribution in [1.29, 1.82) is 0 Å². The minimum atomic E-state index is -0.329. The van der Waals surface area contributed by atoms with Crippen LogP contribution in [0.15, 0.2) is 30.3 Å². The molecular weight excluding hydrogens is 359 g/mol. The summed E-state index contributed by atoms with van der Waals surface area (Å²) in [5.41, 5.74) is 0.567. The molecule has 1 fully saturated rings. The molecule has 2 aromatic heterocycles. The molecule has 4 rings (SSSR count). The van der Waals surface area contributed by atoms with Crippen molar-refractivity contribution in [3.63, 3.8) is 0 Å². The van der Waals surface area contributed by atoms with E-state index in [2.05, 4.69) is 10.3 Å². The molecule has 0 aliphatic heterocycles. The highest BCUT2D eigenvalue weighted by atomic mass is 32.1. The molecule has 4 nitrogen and oxygen atoms in total. The van der Waals surface area contributed by atoms with E-state index in [1.54, 1.807) is 0 Å². The van der Waals surface area contributed by atoms with Gasteiger partial charge in [-0.15, -0.1) is 11.3 Å². The molecule has 0 atom stereocenters. The fourth-order valence-corrected chi connectivity index (χ4v) is 4.95. The zero-order valence-electron chi connectivity index (χ0n) is 13.5. The molecule has 1 amide bonds. The molecule has 1 aromatic carbocycles. The highest BCUT2D eigenvalue weighted by Gasteiger charge is 2.19. The van der Waals surface area contributed by atoms with Gasteiger partial charge < -0.3 is 10.1 Å². The number of anilines is 1. The third-order valence-electron chi connectivity index (χ3n) is 4.22. The van der Waals surface area contributed by atoms with Gasteiger partial charge in [0.1, 0.15) is 16.8 Å². The summed E-state index contributed by atoms with van der Waals surface area (Å²) < 4.78 is 19.9. The summed E-state index contributed by atoms with van der Waals surface area (Å²) in [6.07, 6.45) is 6.20. The Balaban J connectivity index is 1.45. The van der Waals surface area contributed by atoms with Gasteiger partial charge in [0.2, 0.25) is 0 Å². The number of aromatic nitrogens is 1. The summed E-state index contributed by atoms with van der Waals surface area (Å²) in [4.78, 5) is 18.2. The van der Waals surface area contributed by atoms with Gasteiger partial charge in [0.15, 0.2) is 0 Å². The van der Waals surface area contributed by atoms with Gasteiger partial charge >= 0.3 is 0 Å². The van der Waals surface area contributed by atoms with E-state index in [0.717, 1.165) is 22.4 Å². The van der Waals surface area contributed by atoms with E-state index in [0.29, 0.717) is 15.8 Å². The lowest BCUT2D eigenvalue weighted by Crippen LogP contribution is -2.19. The first-order valence-electron chi connectivity index (χ1n) is 8.31. The first-order valence-corrected chi connectivity index (χ1v) is 9.94. The van der Waals surface area contributed by atoms with Crippen molar-refractivity contribution < 1.29 is 13.9 Å². The van der Waals surface area contributed by atoms with Gasteiger partial charge in [-0.05, 0) is 56.0 Å². The highest BCUT2D eigenvalue weighted by molar-refractivity contribution is 7.28. The lowest BCUT2D eigenvalue weighted by Gasteiger charge is -2.21. The van der Waals surface area contributed by atoms with E-state index in [9.17, 15) is 9.18 Å². The van der Waals surface area contributed by atoms with E-state index in [4.69, 9.17) is 4.74 Å². The van der Waals surface area contributed by atoms with Crippen LogP contribution in [-0.2, 0) is 0 Å². The number of nitrogens with zero attached hydrogens (tertiary/aromatic N) is 1. The first-order chi connectivity index (χ1) is 12.2. The smallest absolute Gasteiger partial charge is 0.275 e. The third-order valence-corrected chi connectivity index (χ3v) is 6.27. The van der Waals surface area contributed by atoms with Crippen molar-refractivity contribution in [3.8, 4) is 5.19 Å². The molecule has 130 valence electrons. The number of benzene rings is 1. The van der Waals surface area contributed by atoms with Crippen LogP contribution in [0.5, 0.6) is 5.19 Å². The largest absolute Gasteiger partial charge is 0.467 e. The van der Waals surface area contributed by atoms with Crippen molar-refractivity contribution in [3.05, 3.63) is 41.0 Å². The van der Waals surface area contributed by atoms with E-state index in [1.165, 1.54) is 66.2 Å². The SMILES string of the molecule is O=C(Nc1ccc(F)cc1)c1cc2sc(OC3CCCCC3)nc2s1. The van der Waals surface area contributed by atoms with Crippen molar-refractivity contribution >= 4 is 43.8 Å². The van der Waals surface area contributed by atoms with Crippen LogP contribution in [0.1, 0.15) is 41.8 Å². The number of amides is 1. The van der Waals surface area contributed by atoms with E-state index < -0.39 is 0 Å². The van der Waals surface area contributed by atoms with Crippen LogP contribution in [0, 0.1) is 5.82 Å². The van der Waals surface area contributed by atoms with Crippen LogP contribution in [-0.4, -0.2) is 17.0 Å². The quantitative estimate of drug-likeness (QED) is 0.658. The van der Waals surface area contributed by atoms with Gasteiger partial charge in [-0.2, -0.15) is 4.98 Å². The van der Waals surface area contributed by atoms with Crippen LogP contribution in [0.2, 0.25) is 0 Å². The maximum Gasteiger partial charge on any atom is 0.275 e. The minimum absolute atomic E-state index is 0.212. The number of thiophene rings is 1. The Morgan fingerprint density at radius 3 is 2.64 bits per heavy atom. The van der Waals surface area contributed by atoms with Crippen LogP contribution >= 0.6 is 22.7 Å². The third kappa shape index (κ3) is 3.82. The molecule has 1 aliphatic rings. The molecule has 3 aromatic rings. The number of fused-ring (bicyclic) bond motifs is 1. The zero-order chi connectivity index (χ0) is 17.2. The van der Waals surface area contributed by atoms with Gasteiger partial charge in [-0.1, -0.05) is 17.8 Å². The van der Waals surface area contributed by atoms with Gasteiger partial charge in [0, 0.05) is 5.69 Å². The average Bonchev–Trinajstić information content (AvgIpc) is 3.16. The number of hydrogen-bond donors (Lipinski definition) is 1. The predicted molar refractivity (Wildman–Crippen MR) is 99.4 cm³/mol. The fourth-order valence-electron chi connectivity index (χ4n) is 2.93. The summed E-state index contributed by atoms with van der Waals surface area (Å²) in [6.45, 7) is 0. The Kier molecular flexibility index (Phi) is 4.67. The molecular formula is C18H17FN2O2S2. The van der Waals surface area contributed by atoms with Crippen LogP contribution in [0.4, 0.5) is 10.1 Å². The molecule has 1 saturated carbocycles. The van der Waals surface area contributed by atoms with Gasteiger partial charge in [0.25, 0.3) is 11.1 Å². The minimum Gasteiger partial charge on any atom is -0.467 e. The standard InChI is InChI=1S/C18H17FN2O2S2/c19-11-6-8-12(9-7-11)20-16(22)14-10-15-17(24-14)21-18(25-15)23-13-4-2-1-3-5-13/h6-10,13H,1-5H2,(H,20,22). The van der Waals surface area contributed by atoms with Crippen molar-refractivity contribution in [2.24, 2.45) is 0 Å². The number of ether oxygens (including phenoxy) is 1. The maximum absolute atomic E-state index is 12.9. The van der Waals surface area contributed by atoms with Crippen LogP contribution in [0.3, 0.4) is 0 Å². The Morgan fingerprint density at radius 1 is 1.16 bits per heavy atom. The normalized spacial score (nSPS) is 15.4. The number of carbonyl (C=O) groups excluding carboxylic acids is 1. The molecule has 0 bridgehead atoms. The van der Waals surface area contributed by atoms with Gasteiger partial charge in [0.05, 0.1) is 9.58 Å². The number of nitrogens with one attached hydrogen (secondary N) is 1. The fraction of sp³-hybridized carbons (Fsp3) is 0.333. The summed E-state index contributed by atoms with van der Waals surface area (Å²) in [6, 6.07) is 7.55.